The molecule has 23 heavy (non-hydrogen) atoms. The summed E-state index contributed by atoms with van der Waals surface area (Å²) in [6, 6.07) is 0. The van der Waals surface area contributed by atoms with E-state index in [1.165, 1.54) is 0 Å². The SMILES string of the molecule is CC(=O)O.CC(=O)O.CC(=O)O.CC(=O)O.CC=NCCNO. The van der Waals surface area contributed by atoms with Crippen molar-refractivity contribution in [3.05, 3.63) is 0 Å². The largest absolute Gasteiger partial charge is 0.481 e. The van der Waals surface area contributed by atoms with E-state index in [2.05, 4.69) is 4.99 Å². The molecule has 0 aliphatic rings. The number of hydroxylamine groups is 1. The standard InChI is InChI=1S/C4H10N2O.4C2H4O2/c1-2-5-3-4-6-7;4*1-2(3)4/h2,6-7H,3-4H2,1H3;4*1H3,(H,3,4). The van der Waals surface area contributed by atoms with E-state index in [1.54, 1.807) is 6.21 Å². The Bertz CT molecular complexity index is 266. The molecular weight excluding hydrogens is 316 g/mol. The number of aliphatic carboxylic acids is 4. The van der Waals surface area contributed by atoms with Gasteiger partial charge in [-0.05, 0) is 13.1 Å². The van der Waals surface area contributed by atoms with Crippen LogP contribution in [0.4, 0.5) is 0 Å². The Balaban J connectivity index is -0.0000000604. The maximum atomic E-state index is 9.00. The molecule has 0 amide bonds. The van der Waals surface area contributed by atoms with E-state index in [0.717, 1.165) is 27.7 Å². The predicted molar refractivity (Wildman–Crippen MR) is 82.1 cm³/mol. The molecule has 0 unspecified atom stereocenters. The van der Waals surface area contributed by atoms with Gasteiger partial charge in [-0.15, -0.1) is 0 Å². The molecule has 0 bridgehead atoms. The second-order valence-corrected chi connectivity index (χ2v) is 3.15. The van der Waals surface area contributed by atoms with Gasteiger partial charge in [0.1, 0.15) is 0 Å². The number of carbonyl (C=O) groups is 4. The van der Waals surface area contributed by atoms with Crippen LogP contribution in [0.25, 0.3) is 0 Å². The average molecular weight is 342 g/mol. The van der Waals surface area contributed by atoms with Crippen LogP contribution >= 0.6 is 0 Å². The molecule has 0 aliphatic carbocycles. The molecule has 11 heteroatoms. The molecule has 0 fully saturated rings. The highest BCUT2D eigenvalue weighted by atomic mass is 16.5. The monoisotopic (exact) mass is 342 g/mol. The van der Waals surface area contributed by atoms with E-state index >= 15 is 0 Å². The number of rotatable bonds is 3. The average Bonchev–Trinajstić information content (AvgIpc) is 2.26. The first-order valence-electron chi connectivity index (χ1n) is 5.94. The van der Waals surface area contributed by atoms with E-state index in [1.807, 2.05) is 12.4 Å². The summed E-state index contributed by atoms with van der Waals surface area (Å²) in [4.78, 5) is 39.8. The lowest BCUT2D eigenvalue weighted by molar-refractivity contribution is -0.135. The second-order valence-electron chi connectivity index (χ2n) is 3.15. The van der Waals surface area contributed by atoms with Crippen LogP contribution in [0.1, 0.15) is 34.6 Å². The number of hydrogen-bond acceptors (Lipinski definition) is 7. The number of carboxylic acid groups (broad SMARTS) is 4. The zero-order valence-electron chi connectivity index (χ0n) is 13.8. The number of carboxylic acids is 4. The van der Waals surface area contributed by atoms with Crippen molar-refractivity contribution < 1.29 is 44.8 Å². The molecule has 0 aromatic heterocycles. The van der Waals surface area contributed by atoms with E-state index in [4.69, 9.17) is 44.8 Å². The third-order valence-electron chi connectivity index (χ3n) is 0.535. The minimum Gasteiger partial charge on any atom is -0.481 e. The summed E-state index contributed by atoms with van der Waals surface area (Å²) in [5.41, 5.74) is 1.99. The highest BCUT2D eigenvalue weighted by Gasteiger charge is 1.72. The maximum absolute atomic E-state index is 9.00. The summed E-state index contributed by atoms with van der Waals surface area (Å²) in [5.74, 6) is -3.33. The molecule has 0 aromatic carbocycles. The molecule has 0 aliphatic heterocycles. The van der Waals surface area contributed by atoms with E-state index < -0.39 is 23.9 Å². The number of nitrogens with zero attached hydrogens (tertiary/aromatic N) is 1. The van der Waals surface area contributed by atoms with Gasteiger partial charge in [0.2, 0.25) is 0 Å². The fourth-order valence-corrected chi connectivity index (χ4v) is 0.244. The van der Waals surface area contributed by atoms with Crippen molar-refractivity contribution in [3.63, 3.8) is 0 Å². The van der Waals surface area contributed by atoms with Crippen LogP contribution < -0.4 is 5.48 Å². The number of nitrogens with one attached hydrogen (secondary N) is 1. The molecule has 0 heterocycles. The molecule has 11 nitrogen and oxygen atoms in total. The zero-order valence-corrected chi connectivity index (χ0v) is 13.8. The Morgan fingerprint density at radius 1 is 0.826 bits per heavy atom. The fourth-order valence-electron chi connectivity index (χ4n) is 0.244. The van der Waals surface area contributed by atoms with Gasteiger partial charge in [-0.1, -0.05) is 0 Å². The van der Waals surface area contributed by atoms with Crippen LogP contribution in [-0.4, -0.2) is 68.8 Å². The molecule has 0 aromatic rings. The molecule has 6 N–H and O–H groups in total. The Kier molecular flexibility index (Phi) is 44.7. The highest BCUT2D eigenvalue weighted by Crippen LogP contribution is 1.61. The van der Waals surface area contributed by atoms with Gasteiger partial charge in [0, 0.05) is 34.2 Å². The lowest BCUT2D eigenvalue weighted by Crippen LogP contribution is -2.11. The van der Waals surface area contributed by atoms with Crippen LogP contribution in [0.3, 0.4) is 0 Å². The van der Waals surface area contributed by atoms with Crippen LogP contribution in [0.15, 0.2) is 4.99 Å². The highest BCUT2D eigenvalue weighted by molar-refractivity contribution is 5.63. The summed E-state index contributed by atoms with van der Waals surface area (Å²) >= 11 is 0. The van der Waals surface area contributed by atoms with Crippen molar-refractivity contribution in [2.24, 2.45) is 4.99 Å². The third kappa shape index (κ3) is 2750. The fraction of sp³-hybridized carbons (Fsp3) is 0.583. The molecular formula is C12H26N2O9. The summed E-state index contributed by atoms with van der Waals surface area (Å²) in [7, 11) is 0. The zero-order chi connectivity index (χ0) is 19.8. The quantitative estimate of drug-likeness (QED) is 0.237. The summed E-state index contributed by atoms with van der Waals surface area (Å²) in [6.07, 6.45) is 1.71. The third-order valence-corrected chi connectivity index (χ3v) is 0.535. The van der Waals surface area contributed by atoms with Gasteiger partial charge in [-0.25, -0.2) is 5.48 Å². The topological polar surface area (TPSA) is 194 Å². The van der Waals surface area contributed by atoms with Gasteiger partial charge in [-0.2, -0.15) is 0 Å². The predicted octanol–water partition coefficient (Wildman–Crippen LogP) is 0.420. The lowest BCUT2D eigenvalue weighted by atomic mass is 10.7. The number of aliphatic imine (C=N–C) groups is 1. The smallest absolute Gasteiger partial charge is 0.300 e. The number of hydrogen-bond donors (Lipinski definition) is 6. The van der Waals surface area contributed by atoms with Gasteiger partial charge in [-0.3, -0.25) is 24.2 Å². The minimum atomic E-state index is -0.833. The summed E-state index contributed by atoms with van der Waals surface area (Å²) in [6.45, 7) is 7.36. The molecule has 0 atom stereocenters. The van der Waals surface area contributed by atoms with Crippen LogP contribution in [0.5, 0.6) is 0 Å². The van der Waals surface area contributed by atoms with Crippen molar-refractivity contribution in [1.82, 2.24) is 5.48 Å². The molecule has 0 radical (unpaired) electrons. The van der Waals surface area contributed by atoms with Gasteiger partial charge >= 0.3 is 0 Å². The van der Waals surface area contributed by atoms with Crippen molar-refractivity contribution in [2.75, 3.05) is 13.1 Å². The first kappa shape index (κ1) is 32.4. The van der Waals surface area contributed by atoms with Crippen molar-refractivity contribution in [2.45, 2.75) is 34.6 Å². The lowest BCUT2D eigenvalue weighted by Gasteiger charge is -1.87. The Hall–Kier alpha value is -2.53. The maximum Gasteiger partial charge on any atom is 0.300 e. The van der Waals surface area contributed by atoms with Gasteiger partial charge in [0.05, 0.1) is 6.54 Å². The van der Waals surface area contributed by atoms with Crippen LogP contribution in [0, 0.1) is 0 Å². The molecule has 0 rings (SSSR count). The Morgan fingerprint density at radius 3 is 1.17 bits per heavy atom. The molecule has 0 spiro atoms. The second kappa shape index (κ2) is 31.7. The van der Waals surface area contributed by atoms with Gasteiger partial charge < -0.3 is 25.6 Å². The first-order chi connectivity index (χ1) is 10.3. The van der Waals surface area contributed by atoms with Crippen molar-refractivity contribution >= 4 is 30.1 Å². The van der Waals surface area contributed by atoms with Crippen LogP contribution in [-0.2, 0) is 19.2 Å². The normalized spacial score (nSPS) is 7.57. The van der Waals surface area contributed by atoms with Crippen LogP contribution in [0.2, 0.25) is 0 Å². The molecule has 138 valence electrons. The Morgan fingerprint density at radius 2 is 1.04 bits per heavy atom. The van der Waals surface area contributed by atoms with Gasteiger partial charge in [0.25, 0.3) is 23.9 Å². The molecule has 0 saturated heterocycles. The van der Waals surface area contributed by atoms with Crippen molar-refractivity contribution in [3.8, 4) is 0 Å². The Labute approximate surface area is 134 Å². The summed E-state index contributed by atoms with van der Waals surface area (Å²) in [5, 5.41) is 37.6. The first-order valence-corrected chi connectivity index (χ1v) is 5.94. The van der Waals surface area contributed by atoms with E-state index in [9.17, 15) is 0 Å². The molecule has 0 saturated carbocycles. The minimum absolute atomic E-state index is 0.532. The van der Waals surface area contributed by atoms with E-state index in [-0.39, 0.29) is 0 Å². The summed E-state index contributed by atoms with van der Waals surface area (Å²) < 4.78 is 0. The van der Waals surface area contributed by atoms with Crippen molar-refractivity contribution in [1.29, 1.82) is 0 Å². The van der Waals surface area contributed by atoms with Gasteiger partial charge in [0.15, 0.2) is 0 Å². The van der Waals surface area contributed by atoms with E-state index in [0.29, 0.717) is 13.1 Å².